The van der Waals surface area contributed by atoms with Crippen molar-refractivity contribution in [1.82, 2.24) is 0 Å². The molecule has 0 aliphatic rings. The van der Waals surface area contributed by atoms with Gasteiger partial charge in [0.05, 0.1) is 0 Å². The summed E-state index contributed by atoms with van der Waals surface area (Å²) in [7, 11) is 7.56. The predicted octanol–water partition coefficient (Wildman–Crippen LogP) is 7.19. The lowest BCUT2D eigenvalue weighted by Gasteiger charge is -2.30. The van der Waals surface area contributed by atoms with Crippen LogP contribution in [0.5, 0.6) is 0 Å². The van der Waals surface area contributed by atoms with E-state index in [4.69, 9.17) is 26.6 Å². The van der Waals surface area contributed by atoms with Crippen LogP contribution >= 0.6 is 0 Å². The van der Waals surface area contributed by atoms with E-state index in [1.807, 2.05) is 0 Å². The molecule has 209 valence electrons. The van der Waals surface area contributed by atoms with Crippen molar-refractivity contribution in [3.8, 4) is 0 Å². The van der Waals surface area contributed by atoms with Gasteiger partial charge in [0.15, 0.2) is 0 Å². The maximum atomic E-state index is 5.41. The molecule has 35 heavy (non-hydrogen) atoms. The predicted molar refractivity (Wildman–Crippen MR) is 151 cm³/mol. The highest BCUT2D eigenvalue weighted by molar-refractivity contribution is 6.44. The van der Waals surface area contributed by atoms with Crippen molar-refractivity contribution < 1.29 is 26.6 Å². The molecule has 0 aromatic carbocycles. The summed E-state index contributed by atoms with van der Waals surface area (Å²) < 4.78 is 32.5. The van der Waals surface area contributed by atoms with Crippen LogP contribution in [-0.4, -0.2) is 70.5 Å². The summed E-state index contributed by atoms with van der Waals surface area (Å²) in [5.41, 5.74) is 0.482. The molecule has 0 fully saturated rings. The van der Waals surface area contributed by atoms with Crippen LogP contribution in [0.3, 0.4) is 0 Å². The fourth-order valence-corrected chi connectivity index (χ4v) is 8.10. The normalized spacial score (nSPS) is 12.5. The SMILES string of the molecule is CO[Si](CCCCCCC(C)(CCCCCC[Si](OC)OC)CCCCCC[Si](OC)OC)OC. The van der Waals surface area contributed by atoms with Crippen LogP contribution in [0, 0.1) is 5.41 Å². The van der Waals surface area contributed by atoms with E-state index in [1.165, 1.54) is 96.3 Å². The largest absolute Gasteiger partial charge is 0.397 e. The molecule has 0 heterocycles. The minimum atomic E-state index is -1.02. The maximum absolute atomic E-state index is 5.41. The topological polar surface area (TPSA) is 55.4 Å². The van der Waals surface area contributed by atoms with Crippen LogP contribution < -0.4 is 0 Å². The first-order valence-corrected chi connectivity index (χ1v) is 18.4. The molecule has 9 heteroatoms. The first-order valence-electron chi connectivity index (χ1n) is 13.8. The average molecular weight is 550 g/mol. The van der Waals surface area contributed by atoms with E-state index in [9.17, 15) is 0 Å². The Morgan fingerprint density at radius 1 is 0.371 bits per heavy atom. The highest BCUT2D eigenvalue weighted by Gasteiger charge is 2.23. The lowest BCUT2D eigenvalue weighted by Crippen LogP contribution is -2.19. The monoisotopic (exact) mass is 549 g/mol. The minimum Gasteiger partial charge on any atom is -0.397 e. The minimum absolute atomic E-state index is 0.482. The second kappa shape index (κ2) is 24.7. The van der Waals surface area contributed by atoms with Crippen molar-refractivity contribution in [3.05, 3.63) is 0 Å². The third kappa shape index (κ3) is 20.1. The van der Waals surface area contributed by atoms with Crippen LogP contribution in [0.15, 0.2) is 0 Å². The van der Waals surface area contributed by atoms with Crippen molar-refractivity contribution in [2.45, 2.75) is 121 Å². The quantitative estimate of drug-likeness (QED) is 0.0798. The van der Waals surface area contributed by atoms with Crippen LogP contribution in [-0.2, 0) is 26.6 Å². The van der Waals surface area contributed by atoms with Crippen molar-refractivity contribution in [2.24, 2.45) is 5.41 Å². The van der Waals surface area contributed by atoms with Gasteiger partial charge >= 0.3 is 27.9 Å². The molecule has 0 aromatic heterocycles. The number of rotatable bonds is 27. The molecule has 0 spiro atoms. The van der Waals surface area contributed by atoms with Crippen LogP contribution in [0.4, 0.5) is 0 Å². The van der Waals surface area contributed by atoms with Gasteiger partial charge in [0.2, 0.25) is 0 Å². The molecule has 3 radical (unpaired) electrons. The van der Waals surface area contributed by atoms with Gasteiger partial charge in [-0.2, -0.15) is 0 Å². The molecule has 0 saturated heterocycles. The van der Waals surface area contributed by atoms with E-state index < -0.39 is 27.9 Å². The van der Waals surface area contributed by atoms with Gasteiger partial charge in [0.25, 0.3) is 0 Å². The Kier molecular flexibility index (Phi) is 25.0. The number of hydrogen-bond acceptors (Lipinski definition) is 6. The molecule has 0 amide bonds. The molecular formula is C26H57O6Si3. The Bertz CT molecular complexity index is 375. The molecular weight excluding hydrogens is 493 g/mol. The van der Waals surface area contributed by atoms with E-state index in [0.717, 1.165) is 18.1 Å². The van der Waals surface area contributed by atoms with Crippen LogP contribution in [0.2, 0.25) is 18.1 Å². The Balaban J connectivity index is 4.31. The second-order valence-electron chi connectivity index (χ2n) is 9.89. The fourth-order valence-electron chi connectivity index (χ4n) is 4.76. The van der Waals surface area contributed by atoms with Gasteiger partial charge in [-0.25, -0.2) is 0 Å². The summed E-state index contributed by atoms with van der Waals surface area (Å²) in [6.07, 6.45) is 19.7. The number of unbranched alkanes of at least 4 members (excludes halogenated alkanes) is 9. The van der Waals surface area contributed by atoms with Crippen molar-refractivity contribution in [2.75, 3.05) is 42.7 Å². The van der Waals surface area contributed by atoms with E-state index >= 15 is 0 Å². The summed E-state index contributed by atoms with van der Waals surface area (Å²) in [4.78, 5) is 0. The summed E-state index contributed by atoms with van der Waals surface area (Å²) in [6, 6.07) is 3.29. The maximum Gasteiger partial charge on any atom is 0.384 e. The molecule has 0 bridgehead atoms. The highest BCUT2D eigenvalue weighted by Crippen LogP contribution is 2.37. The third-order valence-electron chi connectivity index (χ3n) is 7.10. The summed E-state index contributed by atoms with van der Waals surface area (Å²) in [5.74, 6) is 0. The van der Waals surface area contributed by atoms with Crippen molar-refractivity contribution >= 4 is 27.9 Å². The molecule has 6 nitrogen and oxygen atoms in total. The summed E-state index contributed by atoms with van der Waals surface area (Å²) in [6.45, 7) is 2.55. The Labute approximate surface area is 223 Å². The third-order valence-corrected chi connectivity index (χ3v) is 12.1. The average Bonchev–Trinajstić information content (AvgIpc) is 2.87. The summed E-state index contributed by atoms with van der Waals surface area (Å²) >= 11 is 0. The lowest BCUT2D eigenvalue weighted by molar-refractivity contribution is 0.222. The summed E-state index contributed by atoms with van der Waals surface area (Å²) in [5, 5.41) is 0. The standard InChI is InChI=1S/C26H57O6Si3/c1-26(20-14-8-11-17-23-33(27-2)28-3,21-15-9-12-18-24-34(29-4)30-5)22-16-10-13-19-25-35(31-6)32-7/h8-25H2,1-7H3. The number of hydrogen-bond donors (Lipinski definition) is 0. The van der Waals surface area contributed by atoms with Gasteiger partial charge in [-0.15, -0.1) is 0 Å². The molecule has 0 aliphatic carbocycles. The zero-order valence-electron chi connectivity index (χ0n) is 24.2. The van der Waals surface area contributed by atoms with E-state index in [2.05, 4.69) is 6.92 Å². The molecule has 0 rings (SSSR count). The van der Waals surface area contributed by atoms with Gasteiger partial charge in [-0.3, -0.25) is 0 Å². The molecule has 0 unspecified atom stereocenters. The fraction of sp³-hybridized carbons (Fsp3) is 1.00. The van der Waals surface area contributed by atoms with Gasteiger partial charge in [0, 0.05) is 42.7 Å². The van der Waals surface area contributed by atoms with E-state index in [1.54, 1.807) is 42.7 Å². The van der Waals surface area contributed by atoms with Gasteiger partial charge in [-0.05, 0) is 42.8 Å². The molecule has 0 saturated carbocycles. The van der Waals surface area contributed by atoms with Crippen LogP contribution in [0.1, 0.15) is 103 Å². The van der Waals surface area contributed by atoms with E-state index in [0.29, 0.717) is 5.41 Å². The van der Waals surface area contributed by atoms with Gasteiger partial charge in [0.1, 0.15) is 0 Å². The first kappa shape index (κ1) is 35.4. The molecule has 0 aromatic rings. The van der Waals surface area contributed by atoms with E-state index in [-0.39, 0.29) is 0 Å². The smallest absolute Gasteiger partial charge is 0.384 e. The molecule has 0 N–H and O–H groups in total. The Morgan fingerprint density at radius 2 is 0.600 bits per heavy atom. The Hall–Kier alpha value is 0.411. The van der Waals surface area contributed by atoms with Crippen molar-refractivity contribution in [1.29, 1.82) is 0 Å². The Morgan fingerprint density at radius 3 is 0.829 bits per heavy atom. The van der Waals surface area contributed by atoms with Crippen LogP contribution in [0.25, 0.3) is 0 Å². The molecule has 0 atom stereocenters. The lowest BCUT2D eigenvalue weighted by atomic mass is 9.76. The highest BCUT2D eigenvalue weighted by atomic mass is 28.3. The van der Waals surface area contributed by atoms with Gasteiger partial charge in [-0.1, -0.05) is 84.0 Å². The molecule has 0 aliphatic heterocycles. The van der Waals surface area contributed by atoms with Gasteiger partial charge < -0.3 is 26.6 Å². The zero-order chi connectivity index (χ0) is 26.2. The first-order chi connectivity index (χ1) is 17.0. The zero-order valence-corrected chi connectivity index (χ0v) is 27.2. The second-order valence-corrected chi connectivity index (χ2v) is 16.1. The van der Waals surface area contributed by atoms with Crippen molar-refractivity contribution in [3.63, 3.8) is 0 Å².